The minimum atomic E-state index is 0.501. The zero-order valence-corrected chi connectivity index (χ0v) is 10.9. The van der Waals surface area contributed by atoms with Gasteiger partial charge in [-0.15, -0.1) is 11.3 Å². The number of aromatic nitrogens is 2. The van der Waals surface area contributed by atoms with Crippen molar-refractivity contribution in [2.75, 3.05) is 0 Å². The number of hydrogen-bond acceptors (Lipinski definition) is 4. The second-order valence-corrected chi connectivity index (χ2v) is 5.12. The number of nitrogens with zero attached hydrogens (tertiary/aromatic N) is 3. The molecule has 0 atom stereocenters. The van der Waals surface area contributed by atoms with Crippen LogP contribution in [-0.4, -0.2) is 9.97 Å². The SMILES string of the molecule is CCc1c(C)nc(-c2ccc(C)s2)nc1C#N. The minimum Gasteiger partial charge on any atom is -0.232 e. The van der Waals surface area contributed by atoms with Crippen molar-refractivity contribution in [3.05, 3.63) is 34.0 Å². The van der Waals surface area contributed by atoms with Gasteiger partial charge >= 0.3 is 0 Å². The van der Waals surface area contributed by atoms with Crippen LogP contribution in [0.15, 0.2) is 12.1 Å². The Morgan fingerprint density at radius 2 is 2.06 bits per heavy atom. The Hall–Kier alpha value is -1.73. The molecule has 0 amide bonds. The van der Waals surface area contributed by atoms with Crippen LogP contribution in [0.2, 0.25) is 0 Å². The van der Waals surface area contributed by atoms with E-state index in [1.165, 1.54) is 4.88 Å². The van der Waals surface area contributed by atoms with Crippen LogP contribution < -0.4 is 0 Å². The zero-order valence-electron chi connectivity index (χ0n) is 10.1. The van der Waals surface area contributed by atoms with Gasteiger partial charge in [-0.2, -0.15) is 5.26 Å². The molecule has 0 saturated carbocycles. The fourth-order valence-electron chi connectivity index (χ4n) is 1.78. The van der Waals surface area contributed by atoms with Gasteiger partial charge in [-0.05, 0) is 32.4 Å². The van der Waals surface area contributed by atoms with Gasteiger partial charge < -0.3 is 0 Å². The molecular weight excluding hydrogens is 230 g/mol. The molecule has 0 bridgehead atoms. The minimum absolute atomic E-state index is 0.501. The Morgan fingerprint density at radius 3 is 2.59 bits per heavy atom. The van der Waals surface area contributed by atoms with Crippen LogP contribution >= 0.6 is 11.3 Å². The van der Waals surface area contributed by atoms with E-state index in [-0.39, 0.29) is 0 Å². The Kier molecular flexibility index (Phi) is 3.21. The molecule has 0 aliphatic heterocycles. The lowest BCUT2D eigenvalue weighted by molar-refractivity contribution is 0.987. The van der Waals surface area contributed by atoms with Crippen molar-refractivity contribution in [1.82, 2.24) is 9.97 Å². The van der Waals surface area contributed by atoms with E-state index in [1.807, 2.05) is 32.9 Å². The molecule has 0 N–H and O–H groups in total. The lowest BCUT2D eigenvalue weighted by Crippen LogP contribution is -2.01. The predicted octanol–water partition coefficient (Wildman–Crippen LogP) is 3.26. The number of hydrogen-bond donors (Lipinski definition) is 0. The zero-order chi connectivity index (χ0) is 12.4. The van der Waals surface area contributed by atoms with Gasteiger partial charge in [-0.25, -0.2) is 9.97 Å². The third-order valence-corrected chi connectivity index (χ3v) is 3.63. The highest BCUT2D eigenvalue weighted by molar-refractivity contribution is 7.15. The van der Waals surface area contributed by atoms with E-state index in [9.17, 15) is 0 Å². The maximum atomic E-state index is 9.11. The second-order valence-electron chi connectivity index (χ2n) is 3.84. The smallest absolute Gasteiger partial charge is 0.171 e. The molecule has 3 nitrogen and oxygen atoms in total. The maximum absolute atomic E-state index is 9.11. The molecule has 0 saturated heterocycles. The number of nitriles is 1. The first-order valence-corrected chi connectivity index (χ1v) is 6.31. The monoisotopic (exact) mass is 243 g/mol. The van der Waals surface area contributed by atoms with E-state index < -0.39 is 0 Å². The van der Waals surface area contributed by atoms with Crippen molar-refractivity contribution in [3.63, 3.8) is 0 Å². The van der Waals surface area contributed by atoms with Gasteiger partial charge in [0.05, 0.1) is 4.88 Å². The molecule has 2 rings (SSSR count). The van der Waals surface area contributed by atoms with Gasteiger partial charge in [0.1, 0.15) is 11.8 Å². The highest BCUT2D eigenvalue weighted by atomic mass is 32.1. The van der Waals surface area contributed by atoms with E-state index >= 15 is 0 Å². The summed E-state index contributed by atoms with van der Waals surface area (Å²) in [5.74, 6) is 0.661. The average molecular weight is 243 g/mol. The van der Waals surface area contributed by atoms with Crippen molar-refractivity contribution in [2.24, 2.45) is 0 Å². The van der Waals surface area contributed by atoms with Crippen LogP contribution in [0.3, 0.4) is 0 Å². The fourth-order valence-corrected chi connectivity index (χ4v) is 2.58. The molecule has 0 fully saturated rings. The summed E-state index contributed by atoms with van der Waals surface area (Å²) in [4.78, 5) is 11.1. The summed E-state index contributed by atoms with van der Waals surface area (Å²) in [7, 11) is 0. The van der Waals surface area contributed by atoms with Crippen molar-refractivity contribution >= 4 is 11.3 Å². The Balaban J connectivity index is 2.58. The Labute approximate surface area is 105 Å². The molecule has 2 aromatic heterocycles. The standard InChI is InChI=1S/C13H13N3S/c1-4-10-9(3)15-13(16-11(10)7-14)12-6-5-8(2)17-12/h5-6H,4H2,1-3H3. The fraction of sp³-hybridized carbons (Fsp3) is 0.308. The largest absolute Gasteiger partial charge is 0.232 e. The lowest BCUT2D eigenvalue weighted by atomic mass is 10.1. The van der Waals surface area contributed by atoms with E-state index in [4.69, 9.17) is 5.26 Å². The molecule has 0 unspecified atom stereocenters. The predicted molar refractivity (Wildman–Crippen MR) is 68.9 cm³/mol. The third-order valence-electron chi connectivity index (χ3n) is 2.63. The second kappa shape index (κ2) is 4.64. The van der Waals surface area contributed by atoms with Gasteiger partial charge in [0.15, 0.2) is 5.82 Å². The molecule has 86 valence electrons. The molecule has 0 radical (unpaired) electrons. The molecule has 0 spiro atoms. The summed E-state index contributed by atoms with van der Waals surface area (Å²) in [6, 6.07) is 6.20. The van der Waals surface area contributed by atoms with Crippen LogP contribution in [0.4, 0.5) is 0 Å². The van der Waals surface area contributed by atoms with Gasteiger partial charge in [-0.3, -0.25) is 0 Å². The molecule has 2 heterocycles. The molecule has 17 heavy (non-hydrogen) atoms. The highest BCUT2D eigenvalue weighted by Crippen LogP contribution is 2.26. The molecule has 0 aliphatic carbocycles. The number of aryl methyl sites for hydroxylation is 2. The van der Waals surface area contributed by atoms with Crippen molar-refractivity contribution < 1.29 is 0 Å². The van der Waals surface area contributed by atoms with Crippen LogP contribution in [-0.2, 0) is 6.42 Å². The van der Waals surface area contributed by atoms with E-state index in [1.54, 1.807) is 11.3 Å². The van der Waals surface area contributed by atoms with Gasteiger partial charge in [0.25, 0.3) is 0 Å². The summed E-state index contributed by atoms with van der Waals surface area (Å²) in [6.07, 6.45) is 0.790. The van der Waals surface area contributed by atoms with Crippen LogP contribution in [0.25, 0.3) is 10.7 Å². The number of rotatable bonds is 2. The third kappa shape index (κ3) is 2.20. The quantitative estimate of drug-likeness (QED) is 0.813. The van der Waals surface area contributed by atoms with Crippen molar-refractivity contribution in [2.45, 2.75) is 27.2 Å². The average Bonchev–Trinajstić information content (AvgIpc) is 2.74. The van der Waals surface area contributed by atoms with Gasteiger partial charge in [0.2, 0.25) is 0 Å². The van der Waals surface area contributed by atoms with E-state index in [2.05, 4.69) is 16.0 Å². The molecule has 0 aromatic carbocycles. The number of thiophene rings is 1. The first-order valence-electron chi connectivity index (χ1n) is 5.50. The molecular formula is C13H13N3S. The molecule has 4 heteroatoms. The summed E-state index contributed by atoms with van der Waals surface area (Å²) in [5, 5.41) is 9.11. The summed E-state index contributed by atoms with van der Waals surface area (Å²) < 4.78 is 0. The molecule has 0 aliphatic rings. The first kappa shape index (κ1) is 11.7. The van der Waals surface area contributed by atoms with Crippen molar-refractivity contribution in [3.8, 4) is 16.8 Å². The topological polar surface area (TPSA) is 49.6 Å². The summed E-state index contributed by atoms with van der Waals surface area (Å²) in [5.41, 5.74) is 2.35. The Bertz CT molecular complexity index is 593. The summed E-state index contributed by atoms with van der Waals surface area (Å²) >= 11 is 1.65. The van der Waals surface area contributed by atoms with E-state index in [0.29, 0.717) is 11.5 Å². The normalized spacial score (nSPS) is 10.2. The van der Waals surface area contributed by atoms with Crippen molar-refractivity contribution in [1.29, 1.82) is 5.26 Å². The molecule has 2 aromatic rings. The van der Waals surface area contributed by atoms with Gasteiger partial charge in [0, 0.05) is 16.1 Å². The maximum Gasteiger partial charge on any atom is 0.171 e. The Morgan fingerprint density at radius 1 is 1.29 bits per heavy atom. The van der Waals surface area contributed by atoms with Gasteiger partial charge in [-0.1, -0.05) is 6.92 Å². The first-order chi connectivity index (χ1) is 8.15. The lowest BCUT2D eigenvalue weighted by Gasteiger charge is -2.06. The van der Waals surface area contributed by atoms with Crippen LogP contribution in [0.5, 0.6) is 0 Å². The highest BCUT2D eigenvalue weighted by Gasteiger charge is 2.12. The summed E-state index contributed by atoms with van der Waals surface area (Å²) in [6.45, 7) is 6.00. The van der Waals surface area contributed by atoms with E-state index in [0.717, 1.165) is 22.6 Å². The van der Waals surface area contributed by atoms with Crippen LogP contribution in [0.1, 0.15) is 28.8 Å². The van der Waals surface area contributed by atoms with Crippen LogP contribution in [0, 0.1) is 25.2 Å².